The van der Waals surface area contributed by atoms with E-state index in [0.717, 1.165) is 33.9 Å². The van der Waals surface area contributed by atoms with Gasteiger partial charge in [0.25, 0.3) is 0 Å². The highest BCUT2D eigenvalue weighted by atomic mass is 16.5. The summed E-state index contributed by atoms with van der Waals surface area (Å²) in [5.74, 6) is 1.56. The van der Waals surface area contributed by atoms with Crippen LogP contribution in [0, 0.1) is 6.92 Å². The van der Waals surface area contributed by atoms with Gasteiger partial charge in [-0.2, -0.15) is 0 Å². The lowest BCUT2D eigenvalue weighted by Gasteiger charge is -2.18. The molecule has 2 amide bonds. The molecule has 0 saturated carbocycles. The summed E-state index contributed by atoms with van der Waals surface area (Å²) >= 11 is 0. The highest BCUT2D eigenvalue weighted by Crippen LogP contribution is 2.27. The normalized spacial score (nSPS) is 16.0. The van der Waals surface area contributed by atoms with Crippen molar-refractivity contribution in [3.63, 3.8) is 0 Å². The molecule has 3 heterocycles. The molecule has 7 nitrogen and oxygen atoms in total. The van der Waals surface area contributed by atoms with Gasteiger partial charge >= 0.3 is 6.03 Å². The molecule has 0 unspecified atom stereocenters. The number of pyridine rings is 1. The SMILES string of the molecule is CCOCc1ccc(C)c(Nc2ccc(-c3ccc(N4C(=O)NC[C@H]4C)nc3)[nH]2)c1. The summed E-state index contributed by atoms with van der Waals surface area (Å²) in [4.78, 5) is 21.6. The highest BCUT2D eigenvalue weighted by Gasteiger charge is 2.29. The number of hydrogen-bond acceptors (Lipinski definition) is 4. The molecule has 1 atom stereocenters. The maximum Gasteiger partial charge on any atom is 0.323 e. The minimum absolute atomic E-state index is 0.0962. The van der Waals surface area contributed by atoms with Crippen molar-refractivity contribution in [2.75, 3.05) is 23.4 Å². The lowest BCUT2D eigenvalue weighted by molar-refractivity contribution is 0.134. The van der Waals surface area contributed by atoms with E-state index in [1.54, 1.807) is 11.1 Å². The number of aryl methyl sites for hydroxylation is 1. The number of nitrogens with zero attached hydrogens (tertiary/aromatic N) is 2. The van der Waals surface area contributed by atoms with Crippen LogP contribution in [0.5, 0.6) is 0 Å². The van der Waals surface area contributed by atoms with Gasteiger partial charge in [-0.05, 0) is 62.2 Å². The second-order valence-electron chi connectivity index (χ2n) is 7.51. The Balaban J connectivity index is 1.49. The van der Waals surface area contributed by atoms with Crippen molar-refractivity contribution in [3.05, 3.63) is 59.8 Å². The monoisotopic (exact) mass is 405 g/mol. The first kappa shape index (κ1) is 20.0. The van der Waals surface area contributed by atoms with Gasteiger partial charge in [0.1, 0.15) is 11.6 Å². The smallest absolute Gasteiger partial charge is 0.323 e. The van der Waals surface area contributed by atoms with Crippen LogP contribution in [0.4, 0.5) is 22.1 Å². The van der Waals surface area contributed by atoms with E-state index >= 15 is 0 Å². The first-order valence-electron chi connectivity index (χ1n) is 10.2. The van der Waals surface area contributed by atoms with Crippen LogP contribution in [0.25, 0.3) is 11.3 Å². The number of nitrogens with one attached hydrogen (secondary N) is 3. The Morgan fingerprint density at radius 2 is 2.10 bits per heavy atom. The summed E-state index contributed by atoms with van der Waals surface area (Å²) in [6.45, 7) is 8.02. The van der Waals surface area contributed by atoms with Crippen LogP contribution >= 0.6 is 0 Å². The maximum atomic E-state index is 12.0. The topological polar surface area (TPSA) is 82.3 Å². The van der Waals surface area contributed by atoms with Crippen LogP contribution in [0.2, 0.25) is 0 Å². The summed E-state index contributed by atoms with van der Waals surface area (Å²) in [5, 5.41) is 6.29. The number of ether oxygens (including phenoxy) is 1. The molecule has 0 radical (unpaired) electrons. The molecule has 4 rings (SSSR count). The van der Waals surface area contributed by atoms with Crippen LogP contribution in [-0.2, 0) is 11.3 Å². The predicted octanol–water partition coefficient (Wildman–Crippen LogP) is 4.58. The number of urea groups is 1. The molecular weight excluding hydrogens is 378 g/mol. The van der Waals surface area contributed by atoms with Gasteiger partial charge in [-0.3, -0.25) is 4.90 Å². The molecule has 1 aromatic carbocycles. The number of hydrogen-bond donors (Lipinski definition) is 3. The fourth-order valence-corrected chi connectivity index (χ4v) is 3.52. The Bertz CT molecular complexity index is 1030. The van der Waals surface area contributed by atoms with Gasteiger partial charge in [-0.1, -0.05) is 12.1 Å². The van der Waals surface area contributed by atoms with E-state index in [4.69, 9.17) is 4.74 Å². The van der Waals surface area contributed by atoms with Crippen molar-refractivity contribution in [3.8, 4) is 11.3 Å². The van der Waals surface area contributed by atoms with Gasteiger partial charge in [0, 0.05) is 36.3 Å². The molecule has 156 valence electrons. The average molecular weight is 406 g/mol. The van der Waals surface area contributed by atoms with Crippen molar-refractivity contribution in [1.82, 2.24) is 15.3 Å². The van der Waals surface area contributed by atoms with E-state index < -0.39 is 0 Å². The van der Waals surface area contributed by atoms with Crippen molar-refractivity contribution in [2.45, 2.75) is 33.4 Å². The van der Waals surface area contributed by atoms with Gasteiger partial charge in [-0.25, -0.2) is 9.78 Å². The Morgan fingerprint density at radius 1 is 1.23 bits per heavy atom. The Morgan fingerprint density at radius 3 is 2.80 bits per heavy atom. The predicted molar refractivity (Wildman–Crippen MR) is 119 cm³/mol. The van der Waals surface area contributed by atoms with E-state index in [1.165, 1.54) is 0 Å². The molecule has 3 aromatic rings. The summed E-state index contributed by atoms with van der Waals surface area (Å²) in [6.07, 6.45) is 1.79. The standard InChI is InChI=1S/C23H27N5O2/c1-4-30-14-17-6-5-15(2)20(11-17)27-21-9-8-19(26-21)18-7-10-22(24-13-18)28-16(3)12-25-23(28)29/h5-11,13,16,26-27H,4,12,14H2,1-3H3,(H,25,29)/t16-/m1/s1. The maximum absolute atomic E-state index is 12.0. The van der Waals surface area contributed by atoms with E-state index in [1.807, 2.05) is 38.1 Å². The van der Waals surface area contributed by atoms with Crippen molar-refractivity contribution in [2.24, 2.45) is 0 Å². The second kappa shape index (κ2) is 8.59. The Hall–Kier alpha value is -3.32. The number of H-pyrrole nitrogens is 1. The Kier molecular flexibility index (Phi) is 5.72. The molecule has 30 heavy (non-hydrogen) atoms. The molecule has 0 bridgehead atoms. The number of anilines is 3. The van der Waals surface area contributed by atoms with Crippen LogP contribution < -0.4 is 15.5 Å². The summed E-state index contributed by atoms with van der Waals surface area (Å²) in [6, 6.07) is 14.2. The van der Waals surface area contributed by atoms with E-state index in [9.17, 15) is 4.79 Å². The van der Waals surface area contributed by atoms with E-state index in [0.29, 0.717) is 25.6 Å². The number of benzene rings is 1. The summed E-state index contributed by atoms with van der Waals surface area (Å²) in [5.41, 5.74) is 5.26. The number of amides is 2. The molecule has 1 aliphatic heterocycles. The van der Waals surface area contributed by atoms with Gasteiger partial charge < -0.3 is 20.4 Å². The van der Waals surface area contributed by atoms with Crippen LogP contribution in [-0.4, -0.2) is 35.2 Å². The fourth-order valence-electron chi connectivity index (χ4n) is 3.52. The molecule has 7 heteroatoms. The molecule has 1 fully saturated rings. The molecule has 1 saturated heterocycles. The number of carbonyl (C=O) groups excluding carboxylic acids is 1. The van der Waals surface area contributed by atoms with Crippen molar-refractivity contribution in [1.29, 1.82) is 0 Å². The Labute approximate surface area is 176 Å². The lowest BCUT2D eigenvalue weighted by atomic mass is 10.1. The second-order valence-corrected chi connectivity index (χ2v) is 7.51. The molecule has 3 N–H and O–H groups in total. The molecule has 1 aliphatic rings. The molecular formula is C23H27N5O2. The van der Waals surface area contributed by atoms with Gasteiger partial charge in [0.2, 0.25) is 0 Å². The number of aromatic nitrogens is 2. The fraction of sp³-hybridized carbons (Fsp3) is 0.304. The minimum atomic E-state index is -0.101. The first-order chi connectivity index (χ1) is 14.5. The zero-order chi connectivity index (χ0) is 21.1. The zero-order valence-electron chi connectivity index (χ0n) is 17.5. The molecule has 0 aliphatic carbocycles. The third-order valence-corrected chi connectivity index (χ3v) is 5.24. The highest BCUT2D eigenvalue weighted by molar-refractivity contribution is 5.94. The van der Waals surface area contributed by atoms with Crippen LogP contribution in [0.1, 0.15) is 25.0 Å². The van der Waals surface area contributed by atoms with E-state index in [2.05, 4.69) is 45.7 Å². The minimum Gasteiger partial charge on any atom is -0.377 e. The lowest BCUT2D eigenvalue weighted by Crippen LogP contribution is -2.32. The third-order valence-electron chi connectivity index (χ3n) is 5.24. The van der Waals surface area contributed by atoms with Crippen LogP contribution in [0.3, 0.4) is 0 Å². The van der Waals surface area contributed by atoms with Gasteiger partial charge in [0.05, 0.1) is 12.6 Å². The van der Waals surface area contributed by atoms with E-state index in [-0.39, 0.29) is 12.1 Å². The summed E-state index contributed by atoms with van der Waals surface area (Å²) in [7, 11) is 0. The molecule has 2 aromatic heterocycles. The average Bonchev–Trinajstić information content (AvgIpc) is 3.35. The zero-order valence-corrected chi connectivity index (χ0v) is 17.5. The van der Waals surface area contributed by atoms with Gasteiger partial charge in [-0.15, -0.1) is 0 Å². The summed E-state index contributed by atoms with van der Waals surface area (Å²) < 4.78 is 5.52. The van der Waals surface area contributed by atoms with Crippen molar-refractivity contribution >= 4 is 23.4 Å². The largest absolute Gasteiger partial charge is 0.377 e. The number of rotatable bonds is 7. The molecule has 0 spiro atoms. The van der Waals surface area contributed by atoms with Gasteiger partial charge in [0.15, 0.2) is 0 Å². The quantitative estimate of drug-likeness (QED) is 0.537. The number of carbonyl (C=O) groups is 1. The van der Waals surface area contributed by atoms with Crippen molar-refractivity contribution < 1.29 is 9.53 Å². The first-order valence-corrected chi connectivity index (χ1v) is 10.2. The van der Waals surface area contributed by atoms with Crippen LogP contribution in [0.15, 0.2) is 48.7 Å². The number of aromatic amines is 1. The third kappa shape index (κ3) is 4.16.